The predicted molar refractivity (Wildman–Crippen MR) is 72.3 cm³/mol. The van der Waals surface area contributed by atoms with Crippen LogP contribution in [0.4, 0.5) is 4.39 Å². The topological polar surface area (TPSA) is 43.0 Å². The number of fused-ring (bicyclic) bond motifs is 1. The number of benzene rings is 1. The molecule has 0 aliphatic carbocycles. The maximum absolute atomic E-state index is 13.5. The molecule has 0 amide bonds. The van der Waals surface area contributed by atoms with Crippen molar-refractivity contribution in [1.29, 1.82) is 0 Å². The van der Waals surface area contributed by atoms with Gasteiger partial charge in [-0.2, -0.15) is 0 Å². The van der Waals surface area contributed by atoms with Crippen LogP contribution in [0.3, 0.4) is 0 Å². The average molecular weight is 282 g/mol. The molecule has 1 N–H and O–H groups in total. The highest BCUT2D eigenvalue weighted by atomic mass is 19.1. The molecule has 0 unspecified atom stereocenters. The first-order valence-corrected chi connectivity index (χ1v) is 6.81. The van der Waals surface area contributed by atoms with Crippen molar-refractivity contribution in [2.45, 2.75) is 6.04 Å². The molecule has 0 saturated carbocycles. The number of alkyl halides is 1. The van der Waals surface area contributed by atoms with Gasteiger partial charge in [-0.3, -0.25) is 4.90 Å². The van der Waals surface area contributed by atoms with E-state index in [9.17, 15) is 4.39 Å². The lowest BCUT2D eigenvalue weighted by atomic mass is 10.0. The molecule has 1 aromatic carbocycles. The molecule has 0 spiro atoms. The van der Waals surface area contributed by atoms with E-state index in [2.05, 4.69) is 10.2 Å². The summed E-state index contributed by atoms with van der Waals surface area (Å²) in [5.74, 6) is 1.84. The highest BCUT2D eigenvalue weighted by molar-refractivity contribution is 5.55. The van der Waals surface area contributed by atoms with Crippen LogP contribution in [0.5, 0.6) is 17.2 Å². The Bertz CT molecular complexity index is 478. The number of hydrogen-bond acceptors (Lipinski definition) is 5. The minimum atomic E-state index is -0.428. The summed E-state index contributed by atoms with van der Waals surface area (Å²) in [7, 11) is 1.58. The Morgan fingerprint density at radius 2 is 2.15 bits per heavy atom. The number of rotatable bonds is 4. The molecule has 0 radical (unpaired) electrons. The van der Waals surface area contributed by atoms with Gasteiger partial charge in [0.25, 0.3) is 0 Å². The average Bonchev–Trinajstić information content (AvgIpc) is 2.97. The monoisotopic (exact) mass is 282 g/mol. The lowest BCUT2D eigenvalue weighted by Crippen LogP contribution is -2.45. The van der Waals surface area contributed by atoms with Gasteiger partial charge in [0, 0.05) is 26.2 Å². The van der Waals surface area contributed by atoms with Crippen molar-refractivity contribution in [3.63, 3.8) is 0 Å². The number of piperazine rings is 1. The van der Waals surface area contributed by atoms with Gasteiger partial charge in [-0.15, -0.1) is 0 Å². The SMILES string of the molecule is COc1cc([C@@H](CF)N2CCNCC2)cc2c1OCO2. The van der Waals surface area contributed by atoms with E-state index in [1.165, 1.54) is 0 Å². The second-order valence-corrected chi connectivity index (χ2v) is 4.91. The van der Waals surface area contributed by atoms with Gasteiger partial charge in [-0.25, -0.2) is 4.39 Å². The van der Waals surface area contributed by atoms with Gasteiger partial charge in [0.2, 0.25) is 12.5 Å². The van der Waals surface area contributed by atoms with E-state index in [1.54, 1.807) is 7.11 Å². The molecule has 1 saturated heterocycles. The molecule has 20 heavy (non-hydrogen) atoms. The third-order valence-electron chi connectivity index (χ3n) is 3.80. The molecule has 5 nitrogen and oxygen atoms in total. The van der Waals surface area contributed by atoms with Gasteiger partial charge >= 0.3 is 0 Å². The van der Waals surface area contributed by atoms with E-state index in [4.69, 9.17) is 14.2 Å². The summed E-state index contributed by atoms with van der Waals surface area (Å²) in [6.07, 6.45) is 0. The number of nitrogens with zero attached hydrogens (tertiary/aromatic N) is 1. The Hall–Kier alpha value is -1.53. The minimum absolute atomic E-state index is 0.184. The Morgan fingerprint density at radius 3 is 2.85 bits per heavy atom. The minimum Gasteiger partial charge on any atom is -0.493 e. The summed E-state index contributed by atoms with van der Waals surface area (Å²) >= 11 is 0. The predicted octanol–water partition coefficient (Wildman–Crippen LogP) is 1.34. The lowest BCUT2D eigenvalue weighted by molar-refractivity contribution is 0.147. The van der Waals surface area contributed by atoms with Crippen molar-refractivity contribution < 1.29 is 18.6 Å². The van der Waals surface area contributed by atoms with Crippen molar-refractivity contribution in [3.05, 3.63) is 17.7 Å². The van der Waals surface area contributed by atoms with Crippen LogP contribution < -0.4 is 19.5 Å². The van der Waals surface area contributed by atoms with E-state index < -0.39 is 6.67 Å². The van der Waals surface area contributed by atoms with Crippen molar-refractivity contribution in [2.75, 3.05) is 46.8 Å². The van der Waals surface area contributed by atoms with Crippen LogP contribution in [0.1, 0.15) is 11.6 Å². The first-order chi connectivity index (χ1) is 9.83. The van der Waals surface area contributed by atoms with E-state index >= 15 is 0 Å². The smallest absolute Gasteiger partial charge is 0.231 e. The summed E-state index contributed by atoms with van der Waals surface area (Å²) in [6.45, 7) is 3.21. The van der Waals surface area contributed by atoms with E-state index in [0.717, 1.165) is 31.7 Å². The van der Waals surface area contributed by atoms with Gasteiger partial charge in [0.05, 0.1) is 13.2 Å². The van der Waals surface area contributed by atoms with Gasteiger partial charge in [-0.05, 0) is 17.7 Å². The molecular formula is C14H19FN2O3. The summed E-state index contributed by atoms with van der Waals surface area (Å²) in [5.41, 5.74) is 0.871. The molecular weight excluding hydrogens is 263 g/mol. The number of ether oxygens (including phenoxy) is 3. The van der Waals surface area contributed by atoms with Crippen LogP contribution in [0, 0.1) is 0 Å². The maximum Gasteiger partial charge on any atom is 0.231 e. The fraction of sp³-hybridized carbons (Fsp3) is 0.571. The van der Waals surface area contributed by atoms with Gasteiger partial charge in [0.15, 0.2) is 11.5 Å². The second kappa shape index (κ2) is 5.85. The molecule has 6 heteroatoms. The molecule has 1 fully saturated rings. The van der Waals surface area contributed by atoms with Gasteiger partial charge in [-0.1, -0.05) is 0 Å². The largest absolute Gasteiger partial charge is 0.493 e. The number of methoxy groups -OCH3 is 1. The Morgan fingerprint density at radius 1 is 1.35 bits per heavy atom. The number of hydrogen-bond donors (Lipinski definition) is 1. The van der Waals surface area contributed by atoms with Crippen molar-refractivity contribution in [3.8, 4) is 17.2 Å². The van der Waals surface area contributed by atoms with Crippen molar-refractivity contribution in [1.82, 2.24) is 10.2 Å². The van der Waals surface area contributed by atoms with Crippen LogP contribution in [-0.2, 0) is 0 Å². The zero-order chi connectivity index (χ0) is 13.9. The van der Waals surface area contributed by atoms with Crippen molar-refractivity contribution in [2.24, 2.45) is 0 Å². The fourth-order valence-electron chi connectivity index (χ4n) is 2.73. The molecule has 1 aromatic rings. The number of halogens is 1. The van der Waals surface area contributed by atoms with Crippen LogP contribution >= 0.6 is 0 Å². The maximum atomic E-state index is 13.5. The Balaban J connectivity index is 1.91. The van der Waals surface area contributed by atoms with E-state index in [1.807, 2.05) is 12.1 Å². The highest BCUT2D eigenvalue weighted by Crippen LogP contribution is 2.43. The van der Waals surface area contributed by atoms with Crippen LogP contribution in [0.2, 0.25) is 0 Å². The van der Waals surface area contributed by atoms with Gasteiger partial charge < -0.3 is 19.5 Å². The summed E-state index contributed by atoms with van der Waals surface area (Å²) in [4.78, 5) is 2.15. The summed E-state index contributed by atoms with van der Waals surface area (Å²) in [5, 5.41) is 3.28. The standard InChI is InChI=1S/C14H19FN2O3/c1-18-12-6-10(7-13-14(12)20-9-19-13)11(8-15)17-4-2-16-3-5-17/h6-7,11,16H,2-5,8-9H2,1H3/t11-/m1/s1. The fourth-order valence-corrected chi connectivity index (χ4v) is 2.73. The first kappa shape index (κ1) is 13.5. The number of nitrogens with one attached hydrogen (secondary N) is 1. The molecule has 2 aliphatic rings. The van der Waals surface area contributed by atoms with Gasteiger partial charge in [0.1, 0.15) is 6.67 Å². The normalized spacial score (nSPS) is 19.9. The van der Waals surface area contributed by atoms with E-state index in [-0.39, 0.29) is 12.8 Å². The molecule has 2 aliphatic heterocycles. The van der Waals surface area contributed by atoms with Crippen molar-refractivity contribution >= 4 is 0 Å². The summed E-state index contributed by atoms with van der Waals surface area (Å²) in [6, 6.07) is 3.44. The van der Waals surface area contributed by atoms with Crippen LogP contribution in [-0.4, -0.2) is 51.7 Å². The lowest BCUT2D eigenvalue weighted by Gasteiger charge is -2.33. The second-order valence-electron chi connectivity index (χ2n) is 4.91. The summed E-state index contributed by atoms with van der Waals surface area (Å²) < 4.78 is 29.6. The third kappa shape index (κ3) is 2.41. The van der Waals surface area contributed by atoms with E-state index in [0.29, 0.717) is 17.2 Å². The van der Waals surface area contributed by atoms with Crippen LogP contribution in [0.25, 0.3) is 0 Å². The zero-order valence-electron chi connectivity index (χ0n) is 11.5. The molecule has 0 aromatic heterocycles. The molecule has 110 valence electrons. The molecule has 1 atom stereocenters. The Kier molecular flexibility index (Phi) is 3.93. The molecule has 2 heterocycles. The molecule has 0 bridgehead atoms. The third-order valence-corrected chi connectivity index (χ3v) is 3.80. The first-order valence-electron chi connectivity index (χ1n) is 6.81. The van der Waals surface area contributed by atoms with Crippen LogP contribution in [0.15, 0.2) is 12.1 Å². The highest BCUT2D eigenvalue weighted by Gasteiger charge is 2.27. The Labute approximate surface area is 117 Å². The quantitative estimate of drug-likeness (QED) is 0.903. The molecule has 3 rings (SSSR count). The zero-order valence-corrected chi connectivity index (χ0v) is 11.5.